The highest BCUT2D eigenvalue weighted by Gasteiger charge is 2.22. The van der Waals surface area contributed by atoms with Gasteiger partial charge in [-0.15, -0.1) is 0 Å². The van der Waals surface area contributed by atoms with Gasteiger partial charge >= 0.3 is 0 Å². The van der Waals surface area contributed by atoms with E-state index in [0.29, 0.717) is 19.1 Å². The van der Waals surface area contributed by atoms with Crippen molar-refractivity contribution in [1.29, 1.82) is 0 Å². The maximum Gasteiger partial charge on any atom is 0.251 e. The molecule has 1 fully saturated rings. The Labute approximate surface area is 301 Å². The summed E-state index contributed by atoms with van der Waals surface area (Å²) < 4.78 is 21.9. The van der Waals surface area contributed by atoms with E-state index in [4.69, 9.17) is 14.2 Å². The van der Waals surface area contributed by atoms with Gasteiger partial charge in [-0.2, -0.15) is 4.37 Å². The van der Waals surface area contributed by atoms with Crippen LogP contribution in [0.25, 0.3) is 17.2 Å². The number of aromatic nitrogens is 1. The average Bonchev–Trinajstić information content (AvgIpc) is 3.45. The Kier molecular flexibility index (Phi) is 12.4. The van der Waals surface area contributed by atoms with Crippen molar-refractivity contribution in [2.75, 3.05) is 43.6 Å². The average molecular weight is 695 g/mol. The Morgan fingerprint density at radius 3 is 2.62 bits per heavy atom. The summed E-state index contributed by atoms with van der Waals surface area (Å²) in [5, 5.41) is 3.17. The number of hydrogen-bond acceptors (Lipinski definition) is 8. The first-order chi connectivity index (χ1) is 24.3. The molecule has 4 aromatic rings. The second-order valence-electron chi connectivity index (χ2n) is 13.4. The van der Waals surface area contributed by atoms with Crippen molar-refractivity contribution in [1.82, 2.24) is 9.27 Å². The summed E-state index contributed by atoms with van der Waals surface area (Å²) in [4.78, 5) is 19.7. The molecule has 0 spiro atoms. The maximum atomic E-state index is 13.8. The van der Waals surface area contributed by atoms with E-state index in [1.165, 1.54) is 28.4 Å². The molecule has 1 N–H and O–H groups in total. The first-order valence-corrected chi connectivity index (χ1v) is 18.7. The molecule has 0 bridgehead atoms. The molecular weight excluding hydrogens is 645 g/mol. The Balaban J connectivity index is 1.18. The number of hydrogen-bond donors (Lipinski definition) is 1. The van der Waals surface area contributed by atoms with Crippen LogP contribution in [0.1, 0.15) is 67.6 Å². The zero-order valence-corrected chi connectivity index (χ0v) is 30.6. The predicted molar refractivity (Wildman–Crippen MR) is 204 cm³/mol. The molecule has 264 valence electrons. The van der Waals surface area contributed by atoms with Gasteiger partial charge in [0.25, 0.3) is 5.91 Å². The molecule has 6 rings (SSSR count). The lowest BCUT2D eigenvalue weighted by Crippen LogP contribution is -2.37. The van der Waals surface area contributed by atoms with Gasteiger partial charge in [-0.3, -0.25) is 9.69 Å². The maximum absolute atomic E-state index is 13.8. The SMILES string of the molecule is CCCCOC(C)Oc1ccc(-c2ccc3c(c2)C=C(C(=O)Nc2ccc(CN(C)C4CCCOC4)cc2)CCN3Cc2cc(C)ns2)cc1. The van der Waals surface area contributed by atoms with Gasteiger partial charge in [0, 0.05) is 47.6 Å². The van der Waals surface area contributed by atoms with Crippen molar-refractivity contribution in [3.8, 4) is 16.9 Å². The number of fused-ring (bicyclic) bond motifs is 1. The molecule has 2 aliphatic rings. The molecule has 0 aliphatic carbocycles. The van der Waals surface area contributed by atoms with E-state index in [2.05, 4.69) is 88.1 Å². The molecule has 2 atom stereocenters. The molecule has 2 unspecified atom stereocenters. The zero-order chi connectivity index (χ0) is 34.9. The third kappa shape index (κ3) is 9.60. The third-order valence-electron chi connectivity index (χ3n) is 9.41. The van der Waals surface area contributed by atoms with E-state index in [1.807, 2.05) is 38.1 Å². The number of amides is 1. The van der Waals surface area contributed by atoms with Gasteiger partial charge in [-0.1, -0.05) is 43.7 Å². The second-order valence-corrected chi connectivity index (χ2v) is 14.3. The number of carbonyl (C=O) groups is 1. The van der Waals surface area contributed by atoms with E-state index < -0.39 is 0 Å². The smallest absolute Gasteiger partial charge is 0.251 e. The largest absolute Gasteiger partial charge is 0.465 e. The van der Waals surface area contributed by atoms with Crippen LogP contribution in [-0.2, 0) is 27.4 Å². The van der Waals surface area contributed by atoms with Crippen molar-refractivity contribution < 1.29 is 19.0 Å². The van der Waals surface area contributed by atoms with Crippen LogP contribution < -0.4 is 15.0 Å². The lowest BCUT2D eigenvalue weighted by Gasteiger charge is -2.31. The molecule has 0 radical (unpaired) electrons. The lowest BCUT2D eigenvalue weighted by molar-refractivity contribution is -0.112. The summed E-state index contributed by atoms with van der Waals surface area (Å²) in [6.45, 7) is 10.8. The monoisotopic (exact) mass is 694 g/mol. The molecule has 8 nitrogen and oxygen atoms in total. The molecule has 1 saturated heterocycles. The predicted octanol–water partition coefficient (Wildman–Crippen LogP) is 8.70. The van der Waals surface area contributed by atoms with Gasteiger partial charge in [0.1, 0.15) is 5.75 Å². The number of aryl methyl sites for hydroxylation is 1. The number of nitrogens with one attached hydrogen (secondary N) is 1. The molecule has 1 aromatic heterocycles. The van der Waals surface area contributed by atoms with Crippen LogP contribution in [0.4, 0.5) is 11.4 Å². The Hall–Kier alpha value is -4.02. The first-order valence-electron chi connectivity index (χ1n) is 17.9. The van der Waals surface area contributed by atoms with Gasteiger partial charge in [0.15, 0.2) is 6.29 Å². The molecule has 3 heterocycles. The fourth-order valence-corrected chi connectivity index (χ4v) is 7.28. The standard InChI is InChI=1S/C41H50N4O4S/c1-5-6-22-48-30(3)49-38-16-11-32(12-17-38)33-13-18-40-35(24-33)25-34(19-20-45(40)27-39-23-29(2)43-50-39)41(46)42-36-14-9-31(10-15-36)26-44(4)37-8-7-21-47-28-37/h9-18,23-25,30,37H,5-8,19-22,26-28H2,1-4H3,(H,42,46). The molecule has 0 saturated carbocycles. The van der Waals surface area contributed by atoms with E-state index in [9.17, 15) is 4.79 Å². The van der Waals surface area contributed by atoms with E-state index in [1.54, 1.807) is 0 Å². The minimum absolute atomic E-state index is 0.0714. The van der Waals surface area contributed by atoms with Gasteiger partial charge in [0.05, 0.1) is 25.5 Å². The highest BCUT2D eigenvalue weighted by atomic mass is 32.1. The van der Waals surface area contributed by atoms with Gasteiger partial charge in [-0.05, 0) is 129 Å². The van der Waals surface area contributed by atoms with Crippen LogP contribution >= 0.6 is 11.5 Å². The van der Waals surface area contributed by atoms with Crippen molar-refractivity contribution in [3.63, 3.8) is 0 Å². The fraction of sp³-hybridized carbons (Fsp3) is 0.415. The van der Waals surface area contributed by atoms with Crippen LogP contribution in [0.5, 0.6) is 5.75 Å². The topological polar surface area (TPSA) is 76.2 Å². The van der Waals surface area contributed by atoms with Crippen LogP contribution in [0.2, 0.25) is 0 Å². The number of carbonyl (C=O) groups excluding carboxylic acids is 1. The van der Waals surface area contributed by atoms with E-state index >= 15 is 0 Å². The van der Waals surface area contributed by atoms with Gasteiger partial charge in [0.2, 0.25) is 0 Å². The van der Waals surface area contributed by atoms with E-state index in [-0.39, 0.29) is 12.2 Å². The number of anilines is 2. The number of benzene rings is 3. The van der Waals surface area contributed by atoms with Crippen LogP contribution in [-0.4, -0.2) is 60.9 Å². The summed E-state index contributed by atoms with van der Waals surface area (Å²) in [6.07, 6.45) is 6.79. The van der Waals surface area contributed by atoms with Crippen LogP contribution in [0.15, 0.2) is 78.4 Å². The van der Waals surface area contributed by atoms with Crippen molar-refractivity contribution >= 4 is 34.9 Å². The van der Waals surface area contributed by atoms with Gasteiger partial charge < -0.3 is 24.4 Å². The van der Waals surface area contributed by atoms with Crippen LogP contribution in [0.3, 0.4) is 0 Å². The highest BCUT2D eigenvalue weighted by molar-refractivity contribution is 7.05. The summed E-state index contributed by atoms with van der Waals surface area (Å²) in [7, 11) is 2.16. The summed E-state index contributed by atoms with van der Waals surface area (Å²) >= 11 is 1.54. The summed E-state index contributed by atoms with van der Waals surface area (Å²) in [5.74, 6) is 0.703. The molecule has 50 heavy (non-hydrogen) atoms. The minimum Gasteiger partial charge on any atom is -0.465 e. The lowest BCUT2D eigenvalue weighted by atomic mass is 10.00. The molecule has 1 amide bonds. The number of likely N-dealkylation sites (N-methyl/N-ethyl adjacent to an activating group) is 1. The number of unbranched alkanes of at least 4 members (excludes halogenated alkanes) is 1. The molecule has 2 aliphatic heterocycles. The Morgan fingerprint density at radius 1 is 1.10 bits per heavy atom. The Bertz CT molecular complexity index is 1730. The Morgan fingerprint density at radius 2 is 1.90 bits per heavy atom. The molecule has 3 aromatic carbocycles. The van der Waals surface area contributed by atoms with E-state index in [0.717, 1.165) is 97.2 Å². The van der Waals surface area contributed by atoms with Gasteiger partial charge in [-0.25, -0.2) is 0 Å². The molecular formula is C41H50N4O4S. The van der Waals surface area contributed by atoms with Crippen molar-refractivity contribution in [3.05, 3.63) is 100 Å². The summed E-state index contributed by atoms with van der Waals surface area (Å²) in [5.41, 5.74) is 8.09. The quantitative estimate of drug-likeness (QED) is 0.105. The molecule has 9 heteroatoms. The number of ether oxygens (including phenoxy) is 3. The van der Waals surface area contributed by atoms with Crippen LogP contribution in [0, 0.1) is 6.92 Å². The number of nitrogens with zero attached hydrogens (tertiary/aromatic N) is 3. The third-order valence-corrected chi connectivity index (χ3v) is 10.3. The first kappa shape index (κ1) is 35.8. The summed E-state index contributed by atoms with van der Waals surface area (Å²) in [6, 6.07) is 25.5. The normalized spacial score (nSPS) is 16.8. The number of rotatable bonds is 14. The van der Waals surface area contributed by atoms with Crippen molar-refractivity contribution in [2.24, 2.45) is 0 Å². The second kappa shape index (κ2) is 17.3. The fourth-order valence-electron chi connectivity index (χ4n) is 6.53. The van der Waals surface area contributed by atoms with Crippen molar-refractivity contribution in [2.45, 2.75) is 78.3 Å². The minimum atomic E-state index is -0.302. The zero-order valence-electron chi connectivity index (χ0n) is 29.8. The highest BCUT2D eigenvalue weighted by Crippen LogP contribution is 2.34.